The van der Waals surface area contributed by atoms with Gasteiger partial charge in [0.1, 0.15) is 16.7 Å². The normalized spacial score (nSPS) is 17.3. The molecule has 0 saturated carbocycles. The minimum Gasteiger partial charge on any atom is -0.443 e. The quantitative estimate of drug-likeness (QED) is 0.613. The van der Waals surface area contributed by atoms with E-state index in [4.69, 9.17) is 16.0 Å². The van der Waals surface area contributed by atoms with Crippen molar-refractivity contribution < 1.29 is 9.21 Å². The summed E-state index contributed by atoms with van der Waals surface area (Å²) in [5.41, 5.74) is 3.57. The number of likely N-dealkylation sites (tertiary alicyclic amines) is 1. The van der Waals surface area contributed by atoms with Gasteiger partial charge in [-0.2, -0.15) is 0 Å². The predicted molar refractivity (Wildman–Crippen MR) is 105 cm³/mol. The summed E-state index contributed by atoms with van der Waals surface area (Å²) < 4.78 is 6.03. The van der Waals surface area contributed by atoms with Crippen LogP contribution in [0.5, 0.6) is 0 Å². The van der Waals surface area contributed by atoms with Crippen molar-refractivity contribution in [2.45, 2.75) is 38.6 Å². The number of amides is 1. The highest BCUT2D eigenvalue weighted by atomic mass is 35.5. The molecule has 1 aliphatic heterocycles. The molecule has 0 N–H and O–H groups in total. The second kappa shape index (κ2) is 7.82. The Morgan fingerprint density at radius 2 is 2.26 bits per heavy atom. The largest absolute Gasteiger partial charge is 0.443 e. The van der Waals surface area contributed by atoms with Crippen LogP contribution >= 0.6 is 22.9 Å². The maximum Gasteiger partial charge on any atom is 0.266 e. The molecule has 1 aromatic carbocycles. The fourth-order valence-corrected chi connectivity index (χ4v) is 4.45. The van der Waals surface area contributed by atoms with Gasteiger partial charge in [-0.25, -0.2) is 9.97 Å². The number of hydrogen-bond donors (Lipinski definition) is 0. The van der Waals surface area contributed by atoms with Gasteiger partial charge in [0.2, 0.25) is 5.89 Å². The predicted octanol–water partition coefficient (Wildman–Crippen LogP) is 5.05. The van der Waals surface area contributed by atoms with Gasteiger partial charge in [-0.1, -0.05) is 23.7 Å². The molecule has 5 nitrogen and oxygen atoms in total. The summed E-state index contributed by atoms with van der Waals surface area (Å²) >= 11 is 7.45. The summed E-state index contributed by atoms with van der Waals surface area (Å²) in [6, 6.07) is 7.59. The minimum absolute atomic E-state index is 0.0225. The Balaban J connectivity index is 1.55. The lowest BCUT2D eigenvalue weighted by molar-refractivity contribution is 0.0574. The first-order valence-electron chi connectivity index (χ1n) is 9.02. The first kappa shape index (κ1) is 18.2. The third-order valence-corrected chi connectivity index (χ3v) is 5.98. The van der Waals surface area contributed by atoms with Crippen molar-refractivity contribution in [3.63, 3.8) is 0 Å². The van der Waals surface area contributed by atoms with Gasteiger partial charge >= 0.3 is 0 Å². The van der Waals surface area contributed by atoms with Crippen LogP contribution in [0, 0.1) is 6.92 Å². The molecule has 2 aromatic heterocycles. The van der Waals surface area contributed by atoms with Crippen molar-refractivity contribution in [1.82, 2.24) is 14.9 Å². The van der Waals surface area contributed by atoms with Crippen LogP contribution in [0.15, 0.2) is 40.4 Å². The Morgan fingerprint density at radius 1 is 1.37 bits per heavy atom. The van der Waals surface area contributed by atoms with Gasteiger partial charge in [-0.15, -0.1) is 11.3 Å². The average Bonchev–Trinajstić information content (AvgIpc) is 3.30. The lowest BCUT2D eigenvalue weighted by atomic mass is 10.0. The summed E-state index contributed by atoms with van der Waals surface area (Å²) in [7, 11) is 0. The van der Waals surface area contributed by atoms with Gasteiger partial charge in [0.15, 0.2) is 0 Å². The highest BCUT2D eigenvalue weighted by Crippen LogP contribution is 2.33. The number of halogens is 1. The molecule has 0 aliphatic carbocycles. The molecular formula is C20H20ClN3O2S. The Labute approximate surface area is 167 Å². The van der Waals surface area contributed by atoms with E-state index in [9.17, 15) is 4.79 Å². The molecule has 1 aliphatic rings. The zero-order chi connectivity index (χ0) is 18.8. The second-order valence-corrected chi connectivity index (χ2v) is 8.04. The van der Waals surface area contributed by atoms with E-state index >= 15 is 0 Å². The van der Waals surface area contributed by atoms with Crippen molar-refractivity contribution in [1.29, 1.82) is 0 Å². The third-order valence-electron chi connectivity index (χ3n) is 4.83. The number of aryl methyl sites for hydroxylation is 1. The van der Waals surface area contributed by atoms with Gasteiger partial charge in [0.25, 0.3) is 5.91 Å². The maximum absolute atomic E-state index is 13.0. The van der Waals surface area contributed by atoms with E-state index in [1.165, 1.54) is 11.3 Å². The summed E-state index contributed by atoms with van der Waals surface area (Å²) in [5, 5.41) is 0.705. The summed E-state index contributed by atoms with van der Waals surface area (Å²) in [4.78, 5) is 24.3. The number of carbonyl (C=O) groups excluding carboxylic acids is 1. The topological polar surface area (TPSA) is 59.2 Å². The van der Waals surface area contributed by atoms with Gasteiger partial charge in [0, 0.05) is 18.0 Å². The molecule has 1 saturated heterocycles. The standard InChI is InChI=1S/C20H20ClN3O2S/c1-13-18(27-12-23-13)20(25)24-8-3-2-7-17(24)19-22-11-16(26-19)10-14-5-4-6-15(21)9-14/h4-6,9,11-12,17H,2-3,7-8,10H2,1H3/t17-/m1/s1. The number of piperidine rings is 1. The molecule has 0 bridgehead atoms. The van der Waals surface area contributed by atoms with Crippen molar-refractivity contribution in [2.24, 2.45) is 0 Å². The Hall–Kier alpha value is -2.18. The van der Waals surface area contributed by atoms with Crippen LogP contribution in [0.4, 0.5) is 0 Å². The maximum atomic E-state index is 13.0. The van der Waals surface area contributed by atoms with E-state index in [2.05, 4.69) is 9.97 Å². The molecule has 7 heteroatoms. The SMILES string of the molecule is Cc1ncsc1C(=O)N1CCCC[C@@H]1c1ncc(Cc2cccc(Cl)c2)o1. The zero-order valence-electron chi connectivity index (χ0n) is 15.0. The number of hydrogen-bond acceptors (Lipinski definition) is 5. The van der Waals surface area contributed by atoms with Crippen LogP contribution in [0.1, 0.15) is 57.9 Å². The molecule has 1 fully saturated rings. The van der Waals surface area contributed by atoms with E-state index in [-0.39, 0.29) is 11.9 Å². The fraction of sp³-hybridized carbons (Fsp3) is 0.350. The Morgan fingerprint density at radius 3 is 3.04 bits per heavy atom. The van der Waals surface area contributed by atoms with Crippen molar-refractivity contribution in [3.05, 3.63) is 68.8 Å². The first-order valence-corrected chi connectivity index (χ1v) is 10.3. The summed E-state index contributed by atoms with van der Waals surface area (Å²) in [6.45, 7) is 2.59. The lowest BCUT2D eigenvalue weighted by Crippen LogP contribution is -2.38. The molecule has 3 aromatic rings. The molecule has 0 unspecified atom stereocenters. The van der Waals surface area contributed by atoms with Gasteiger partial charge in [-0.3, -0.25) is 4.79 Å². The van der Waals surface area contributed by atoms with Crippen molar-refractivity contribution >= 4 is 28.8 Å². The molecule has 4 rings (SSSR count). The number of carbonyl (C=O) groups is 1. The number of oxazole rings is 1. The summed E-state index contributed by atoms with van der Waals surface area (Å²) in [6.07, 6.45) is 5.30. The van der Waals surface area contributed by atoms with Crippen LogP contribution in [0.2, 0.25) is 5.02 Å². The van der Waals surface area contributed by atoms with Crippen LogP contribution < -0.4 is 0 Å². The minimum atomic E-state index is -0.124. The highest BCUT2D eigenvalue weighted by molar-refractivity contribution is 7.11. The van der Waals surface area contributed by atoms with E-state index in [1.54, 1.807) is 11.7 Å². The monoisotopic (exact) mass is 401 g/mol. The average molecular weight is 402 g/mol. The number of aromatic nitrogens is 2. The van der Waals surface area contributed by atoms with E-state index in [0.29, 0.717) is 28.8 Å². The smallest absolute Gasteiger partial charge is 0.266 e. The molecule has 3 heterocycles. The first-order chi connectivity index (χ1) is 13.1. The van der Waals surface area contributed by atoms with Gasteiger partial charge < -0.3 is 9.32 Å². The van der Waals surface area contributed by atoms with Crippen LogP contribution in [0.25, 0.3) is 0 Å². The molecular weight excluding hydrogens is 382 g/mol. The molecule has 140 valence electrons. The molecule has 1 amide bonds. The number of rotatable bonds is 4. The van der Waals surface area contributed by atoms with Gasteiger partial charge in [-0.05, 0) is 43.9 Å². The third kappa shape index (κ3) is 3.92. The molecule has 0 spiro atoms. The molecule has 0 radical (unpaired) electrons. The number of benzene rings is 1. The summed E-state index contributed by atoms with van der Waals surface area (Å²) in [5.74, 6) is 1.41. The number of thiazole rings is 1. The second-order valence-electron chi connectivity index (χ2n) is 6.75. The zero-order valence-corrected chi connectivity index (χ0v) is 16.6. The lowest BCUT2D eigenvalue weighted by Gasteiger charge is -2.33. The number of nitrogens with zero attached hydrogens (tertiary/aromatic N) is 3. The van der Waals surface area contributed by atoms with Crippen molar-refractivity contribution in [2.75, 3.05) is 6.54 Å². The van der Waals surface area contributed by atoms with E-state index < -0.39 is 0 Å². The molecule has 1 atom stereocenters. The Bertz CT molecular complexity index is 952. The van der Waals surface area contributed by atoms with Gasteiger partial charge in [0.05, 0.1) is 17.4 Å². The van der Waals surface area contributed by atoms with Crippen molar-refractivity contribution in [3.8, 4) is 0 Å². The van der Waals surface area contributed by atoms with Crippen LogP contribution in [-0.2, 0) is 6.42 Å². The fourth-order valence-electron chi connectivity index (χ4n) is 3.48. The van der Waals surface area contributed by atoms with Crippen LogP contribution in [-0.4, -0.2) is 27.3 Å². The van der Waals surface area contributed by atoms with Crippen LogP contribution in [0.3, 0.4) is 0 Å². The molecule has 27 heavy (non-hydrogen) atoms. The highest BCUT2D eigenvalue weighted by Gasteiger charge is 2.33. The Kier molecular flexibility index (Phi) is 5.27. The van der Waals surface area contributed by atoms with E-state index in [1.807, 2.05) is 36.1 Å². The van der Waals surface area contributed by atoms with E-state index in [0.717, 1.165) is 36.3 Å².